The van der Waals surface area contributed by atoms with Crippen LogP contribution in [0.1, 0.15) is 44.9 Å². The quantitative estimate of drug-likeness (QED) is 0.835. The maximum absolute atomic E-state index is 12.2. The van der Waals surface area contributed by atoms with Gasteiger partial charge in [-0.3, -0.25) is 0 Å². The van der Waals surface area contributed by atoms with Crippen molar-refractivity contribution < 1.29 is 9.53 Å². The van der Waals surface area contributed by atoms with Gasteiger partial charge in [0.05, 0.1) is 6.10 Å². The average molecular weight is 309 g/mol. The van der Waals surface area contributed by atoms with E-state index < -0.39 is 0 Å². The second kappa shape index (κ2) is 8.16. The molecule has 3 aliphatic heterocycles. The van der Waals surface area contributed by atoms with E-state index in [0.717, 1.165) is 64.5 Å². The van der Waals surface area contributed by atoms with Gasteiger partial charge >= 0.3 is 6.03 Å². The van der Waals surface area contributed by atoms with Crippen LogP contribution in [0.2, 0.25) is 0 Å². The number of ether oxygens (including phenoxy) is 1. The summed E-state index contributed by atoms with van der Waals surface area (Å²) in [4.78, 5) is 14.2. The summed E-state index contributed by atoms with van der Waals surface area (Å²) in [7, 11) is 0. The monoisotopic (exact) mass is 309 g/mol. The van der Waals surface area contributed by atoms with Crippen molar-refractivity contribution in [1.82, 2.24) is 15.5 Å². The van der Waals surface area contributed by atoms with E-state index in [1.165, 1.54) is 25.7 Å². The summed E-state index contributed by atoms with van der Waals surface area (Å²) in [5.41, 5.74) is 0. The molecule has 3 rings (SSSR count). The Balaban J connectivity index is 1.31. The Morgan fingerprint density at radius 3 is 2.73 bits per heavy atom. The Kier molecular flexibility index (Phi) is 5.96. The molecule has 0 radical (unpaired) electrons. The first-order chi connectivity index (χ1) is 10.8. The number of likely N-dealkylation sites (tertiary alicyclic amines) is 1. The molecule has 3 heterocycles. The van der Waals surface area contributed by atoms with E-state index in [1.54, 1.807) is 0 Å². The second-order valence-electron chi connectivity index (χ2n) is 7.11. The van der Waals surface area contributed by atoms with Crippen molar-refractivity contribution in [3.05, 3.63) is 0 Å². The Labute approximate surface area is 134 Å². The van der Waals surface area contributed by atoms with Gasteiger partial charge in [0.25, 0.3) is 0 Å². The van der Waals surface area contributed by atoms with Gasteiger partial charge < -0.3 is 20.3 Å². The van der Waals surface area contributed by atoms with Crippen molar-refractivity contribution in [2.24, 2.45) is 11.8 Å². The fourth-order valence-electron chi connectivity index (χ4n) is 4.11. The van der Waals surface area contributed by atoms with Gasteiger partial charge in [-0.2, -0.15) is 0 Å². The van der Waals surface area contributed by atoms with Gasteiger partial charge in [-0.1, -0.05) is 0 Å². The number of hydrogen-bond acceptors (Lipinski definition) is 3. The van der Waals surface area contributed by atoms with Crippen LogP contribution in [0.5, 0.6) is 0 Å². The van der Waals surface area contributed by atoms with Crippen LogP contribution in [-0.4, -0.2) is 56.4 Å². The van der Waals surface area contributed by atoms with Gasteiger partial charge in [0.15, 0.2) is 0 Å². The van der Waals surface area contributed by atoms with E-state index in [9.17, 15) is 4.79 Å². The molecule has 3 aliphatic rings. The van der Waals surface area contributed by atoms with Crippen LogP contribution < -0.4 is 10.6 Å². The zero-order valence-electron chi connectivity index (χ0n) is 13.7. The van der Waals surface area contributed by atoms with E-state index in [1.807, 2.05) is 4.90 Å². The molecule has 126 valence electrons. The molecule has 0 saturated carbocycles. The molecule has 0 aromatic heterocycles. The molecule has 0 aromatic carbocycles. The van der Waals surface area contributed by atoms with E-state index in [0.29, 0.717) is 12.0 Å². The minimum atomic E-state index is 0.134. The van der Waals surface area contributed by atoms with E-state index in [4.69, 9.17) is 4.74 Å². The van der Waals surface area contributed by atoms with E-state index in [2.05, 4.69) is 10.6 Å². The molecule has 3 fully saturated rings. The van der Waals surface area contributed by atoms with Crippen LogP contribution in [0.25, 0.3) is 0 Å². The first-order valence-electron chi connectivity index (χ1n) is 9.18. The van der Waals surface area contributed by atoms with Gasteiger partial charge in [-0.25, -0.2) is 4.79 Å². The summed E-state index contributed by atoms with van der Waals surface area (Å²) in [6.07, 6.45) is 8.77. The van der Waals surface area contributed by atoms with Crippen molar-refractivity contribution in [1.29, 1.82) is 0 Å². The van der Waals surface area contributed by atoms with Crippen molar-refractivity contribution in [3.63, 3.8) is 0 Å². The topological polar surface area (TPSA) is 53.6 Å². The maximum Gasteiger partial charge on any atom is 0.317 e. The van der Waals surface area contributed by atoms with Crippen LogP contribution in [0, 0.1) is 11.8 Å². The number of urea groups is 1. The van der Waals surface area contributed by atoms with Crippen LogP contribution >= 0.6 is 0 Å². The molecule has 2 amide bonds. The third-order valence-corrected chi connectivity index (χ3v) is 5.55. The van der Waals surface area contributed by atoms with Gasteiger partial charge in [0, 0.05) is 26.2 Å². The predicted molar refractivity (Wildman–Crippen MR) is 86.9 cm³/mol. The molecule has 22 heavy (non-hydrogen) atoms. The molecule has 2 atom stereocenters. The Morgan fingerprint density at radius 2 is 2.05 bits per heavy atom. The van der Waals surface area contributed by atoms with Crippen molar-refractivity contribution in [2.45, 2.75) is 51.0 Å². The minimum Gasteiger partial charge on any atom is -0.378 e. The zero-order valence-corrected chi connectivity index (χ0v) is 13.7. The summed E-state index contributed by atoms with van der Waals surface area (Å²) < 4.78 is 5.80. The third kappa shape index (κ3) is 4.35. The number of piperidine rings is 2. The number of nitrogens with one attached hydrogen (secondary N) is 2. The molecule has 2 N–H and O–H groups in total. The fraction of sp³-hybridized carbons (Fsp3) is 0.941. The highest BCUT2D eigenvalue weighted by Crippen LogP contribution is 2.28. The third-order valence-electron chi connectivity index (χ3n) is 5.55. The first-order valence-corrected chi connectivity index (χ1v) is 9.18. The normalized spacial score (nSPS) is 30.5. The lowest BCUT2D eigenvalue weighted by Gasteiger charge is -2.34. The number of hydrogen-bond donors (Lipinski definition) is 2. The van der Waals surface area contributed by atoms with Gasteiger partial charge in [-0.05, 0) is 69.9 Å². The molecule has 0 bridgehead atoms. The number of rotatable bonds is 4. The van der Waals surface area contributed by atoms with Crippen LogP contribution in [-0.2, 0) is 4.74 Å². The summed E-state index contributed by atoms with van der Waals surface area (Å²) in [6.45, 7) is 5.80. The Bertz CT molecular complexity index is 344. The fourth-order valence-corrected chi connectivity index (χ4v) is 4.11. The van der Waals surface area contributed by atoms with Crippen LogP contribution in [0.3, 0.4) is 0 Å². The van der Waals surface area contributed by atoms with Gasteiger partial charge in [-0.15, -0.1) is 0 Å². The Hall–Kier alpha value is -0.810. The second-order valence-corrected chi connectivity index (χ2v) is 7.11. The highest BCUT2D eigenvalue weighted by molar-refractivity contribution is 5.74. The SMILES string of the molecule is O=C(NCCC1CCCNC1)N1CCC(C2CCCO2)CC1. The van der Waals surface area contributed by atoms with Gasteiger partial charge in [0.1, 0.15) is 0 Å². The summed E-state index contributed by atoms with van der Waals surface area (Å²) in [5.74, 6) is 1.40. The summed E-state index contributed by atoms with van der Waals surface area (Å²) in [6, 6.07) is 0.134. The van der Waals surface area contributed by atoms with E-state index in [-0.39, 0.29) is 6.03 Å². The number of amides is 2. The predicted octanol–water partition coefficient (Wildman–Crippen LogP) is 1.98. The molecular formula is C17H31N3O2. The van der Waals surface area contributed by atoms with Crippen molar-refractivity contribution >= 4 is 6.03 Å². The highest BCUT2D eigenvalue weighted by atomic mass is 16.5. The summed E-state index contributed by atoms with van der Waals surface area (Å²) in [5, 5.41) is 6.54. The number of nitrogens with zero attached hydrogens (tertiary/aromatic N) is 1. The molecular weight excluding hydrogens is 278 g/mol. The number of carbonyl (C=O) groups excluding carboxylic acids is 1. The molecule has 0 spiro atoms. The van der Waals surface area contributed by atoms with Gasteiger partial charge in [0.2, 0.25) is 0 Å². The average Bonchev–Trinajstić information content (AvgIpc) is 3.10. The minimum absolute atomic E-state index is 0.134. The lowest BCUT2D eigenvalue weighted by molar-refractivity contribution is 0.0372. The van der Waals surface area contributed by atoms with Crippen LogP contribution in [0.4, 0.5) is 4.79 Å². The summed E-state index contributed by atoms with van der Waals surface area (Å²) >= 11 is 0. The zero-order chi connectivity index (χ0) is 15.2. The Morgan fingerprint density at radius 1 is 1.18 bits per heavy atom. The van der Waals surface area contributed by atoms with E-state index >= 15 is 0 Å². The standard InChI is InChI=1S/C17H31N3O2/c21-17(19-9-5-14-3-1-8-18-13-14)20-10-6-15(7-11-20)16-4-2-12-22-16/h14-16,18H,1-13H2,(H,19,21). The van der Waals surface area contributed by atoms with Crippen molar-refractivity contribution in [3.8, 4) is 0 Å². The van der Waals surface area contributed by atoms with Crippen molar-refractivity contribution in [2.75, 3.05) is 39.3 Å². The first kappa shape index (κ1) is 16.1. The largest absolute Gasteiger partial charge is 0.378 e. The molecule has 5 nitrogen and oxygen atoms in total. The number of carbonyl (C=O) groups is 1. The lowest BCUT2D eigenvalue weighted by atomic mass is 9.90. The molecule has 3 saturated heterocycles. The van der Waals surface area contributed by atoms with Crippen LogP contribution in [0.15, 0.2) is 0 Å². The highest BCUT2D eigenvalue weighted by Gasteiger charge is 2.30. The molecule has 2 unspecified atom stereocenters. The lowest BCUT2D eigenvalue weighted by Crippen LogP contribution is -2.46. The maximum atomic E-state index is 12.2. The molecule has 5 heteroatoms. The molecule has 0 aromatic rings. The molecule has 0 aliphatic carbocycles. The smallest absolute Gasteiger partial charge is 0.317 e.